The molecule has 1 unspecified atom stereocenters. The molecule has 1 fully saturated rings. The predicted octanol–water partition coefficient (Wildman–Crippen LogP) is 0.541. The van der Waals surface area contributed by atoms with E-state index in [0.29, 0.717) is 36.0 Å². The maximum atomic E-state index is 12.0. The second kappa shape index (κ2) is 6.36. The van der Waals surface area contributed by atoms with Crippen LogP contribution >= 0.6 is 15.9 Å². The van der Waals surface area contributed by atoms with Crippen LogP contribution < -0.4 is 9.64 Å². The van der Waals surface area contributed by atoms with Gasteiger partial charge in [0.25, 0.3) is 5.91 Å². The zero-order valence-electron chi connectivity index (χ0n) is 11.7. The zero-order chi connectivity index (χ0) is 14.7. The van der Waals surface area contributed by atoms with Crippen molar-refractivity contribution in [3.05, 3.63) is 10.7 Å². The van der Waals surface area contributed by atoms with Gasteiger partial charge in [-0.3, -0.25) is 4.79 Å². The Hall–Kier alpha value is -1.41. The quantitative estimate of drug-likeness (QED) is 0.797. The van der Waals surface area contributed by atoms with Crippen LogP contribution in [0.5, 0.6) is 5.88 Å². The molecule has 1 aromatic heterocycles. The first-order valence-corrected chi connectivity index (χ1v) is 6.96. The normalized spacial score (nSPS) is 18.8. The monoisotopic (exact) mass is 344 g/mol. The molecule has 1 aliphatic rings. The molecule has 0 saturated carbocycles. The van der Waals surface area contributed by atoms with Gasteiger partial charge in [-0.05, 0) is 15.9 Å². The average molecular weight is 345 g/mol. The number of carbonyl (C=O) groups excluding carboxylic acids is 1. The molecule has 7 nitrogen and oxygen atoms in total. The Balaban J connectivity index is 2.14. The number of likely N-dealkylation sites (N-methyl/N-ethyl adjacent to an activating group) is 1. The fourth-order valence-electron chi connectivity index (χ4n) is 1.91. The number of amides is 1. The number of hydrogen-bond acceptors (Lipinski definition) is 6. The van der Waals surface area contributed by atoms with E-state index in [2.05, 4.69) is 25.9 Å². The molecule has 0 radical (unpaired) electrons. The van der Waals surface area contributed by atoms with Crippen LogP contribution in [0.4, 0.5) is 5.95 Å². The molecule has 1 amide bonds. The molecule has 0 spiro atoms. The van der Waals surface area contributed by atoms with Gasteiger partial charge in [0.2, 0.25) is 11.8 Å². The minimum Gasteiger partial charge on any atom is -0.480 e. The van der Waals surface area contributed by atoms with Gasteiger partial charge < -0.3 is 19.3 Å². The van der Waals surface area contributed by atoms with Crippen molar-refractivity contribution in [3.63, 3.8) is 0 Å². The molecule has 2 heterocycles. The molecule has 1 saturated heterocycles. The summed E-state index contributed by atoms with van der Waals surface area (Å²) in [4.78, 5) is 24.0. The number of rotatable bonds is 3. The lowest BCUT2D eigenvalue weighted by Gasteiger charge is -2.33. The van der Waals surface area contributed by atoms with E-state index in [0.717, 1.165) is 0 Å². The fraction of sp³-hybridized carbons (Fsp3) is 0.583. The summed E-state index contributed by atoms with van der Waals surface area (Å²) >= 11 is 3.31. The van der Waals surface area contributed by atoms with E-state index >= 15 is 0 Å². The second-order valence-corrected chi connectivity index (χ2v) is 5.42. The lowest BCUT2D eigenvalue weighted by Crippen LogP contribution is -2.50. The van der Waals surface area contributed by atoms with Crippen molar-refractivity contribution < 1.29 is 14.3 Å². The van der Waals surface area contributed by atoms with Gasteiger partial charge in [0.15, 0.2) is 6.10 Å². The number of halogens is 1. The summed E-state index contributed by atoms with van der Waals surface area (Å²) in [6.45, 7) is 1.54. The van der Waals surface area contributed by atoms with Crippen molar-refractivity contribution in [2.45, 2.75) is 6.10 Å². The van der Waals surface area contributed by atoms with Gasteiger partial charge in [-0.2, -0.15) is 4.98 Å². The smallest absolute Gasteiger partial charge is 0.253 e. The van der Waals surface area contributed by atoms with Crippen molar-refractivity contribution in [2.75, 3.05) is 45.8 Å². The summed E-state index contributed by atoms with van der Waals surface area (Å²) in [6.07, 6.45) is 1.15. The van der Waals surface area contributed by atoms with E-state index in [-0.39, 0.29) is 5.91 Å². The van der Waals surface area contributed by atoms with Crippen molar-refractivity contribution in [1.82, 2.24) is 14.9 Å². The number of ether oxygens (including phenoxy) is 2. The van der Waals surface area contributed by atoms with E-state index in [9.17, 15) is 4.79 Å². The van der Waals surface area contributed by atoms with E-state index in [1.165, 1.54) is 4.90 Å². The van der Waals surface area contributed by atoms with Crippen LogP contribution in [0, 0.1) is 0 Å². The molecule has 0 bridgehead atoms. The average Bonchev–Trinajstić information content (AvgIpc) is 2.47. The van der Waals surface area contributed by atoms with Gasteiger partial charge in [-0.25, -0.2) is 4.98 Å². The molecular formula is C12H17BrN4O3. The number of morpholine rings is 1. The molecule has 8 heteroatoms. The molecule has 20 heavy (non-hydrogen) atoms. The Labute approximate surface area is 126 Å². The first-order valence-electron chi connectivity index (χ1n) is 6.17. The van der Waals surface area contributed by atoms with Gasteiger partial charge in [-0.1, -0.05) is 0 Å². The second-order valence-electron chi connectivity index (χ2n) is 4.57. The summed E-state index contributed by atoms with van der Waals surface area (Å²) < 4.78 is 11.4. The number of hydrogen-bond donors (Lipinski definition) is 0. The molecule has 0 aromatic carbocycles. The number of anilines is 1. The highest BCUT2D eigenvalue weighted by molar-refractivity contribution is 9.10. The predicted molar refractivity (Wildman–Crippen MR) is 76.9 cm³/mol. The highest BCUT2D eigenvalue weighted by Gasteiger charge is 2.29. The maximum Gasteiger partial charge on any atom is 0.253 e. The molecule has 2 rings (SSSR count). The van der Waals surface area contributed by atoms with Crippen molar-refractivity contribution in [3.8, 4) is 5.88 Å². The largest absolute Gasteiger partial charge is 0.480 e. The Morgan fingerprint density at radius 2 is 2.35 bits per heavy atom. The number of carbonyl (C=O) groups is 1. The third-order valence-corrected chi connectivity index (χ3v) is 3.50. The highest BCUT2D eigenvalue weighted by atomic mass is 79.9. The molecule has 110 valence electrons. The molecular weight excluding hydrogens is 328 g/mol. The van der Waals surface area contributed by atoms with E-state index < -0.39 is 6.10 Å². The number of nitrogens with zero attached hydrogens (tertiary/aromatic N) is 4. The molecule has 0 N–H and O–H groups in total. The van der Waals surface area contributed by atoms with Gasteiger partial charge in [-0.15, -0.1) is 0 Å². The summed E-state index contributed by atoms with van der Waals surface area (Å²) in [6, 6.07) is 0. The topological polar surface area (TPSA) is 67.8 Å². The van der Waals surface area contributed by atoms with Crippen LogP contribution in [-0.2, 0) is 9.53 Å². The first-order chi connectivity index (χ1) is 9.52. The molecule has 0 aliphatic carbocycles. The van der Waals surface area contributed by atoms with Crippen LogP contribution in [0.1, 0.15) is 0 Å². The van der Waals surface area contributed by atoms with E-state index in [1.807, 2.05) is 4.90 Å². The third-order valence-electron chi connectivity index (χ3n) is 2.96. The highest BCUT2D eigenvalue weighted by Crippen LogP contribution is 2.24. The number of aromatic nitrogens is 2. The van der Waals surface area contributed by atoms with Gasteiger partial charge in [0.05, 0.1) is 30.9 Å². The maximum absolute atomic E-state index is 12.0. The number of methoxy groups -OCH3 is 1. The van der Waals surface area contributed by atoms with Gasteiger partial charge >= 0.3 is 0 Å². The minimum atomic E-state index is -0.489. The molecule has 1 aliphatic heterocycles. The van der Waals surface area contributed by atoms with Gasteiger partial charge in [0, 0.05) is 20.6 Å². The Morgan fingerprint density at radius 3 is 3.00 bits per heavy atom. The molecule has 1 atom stereocenters. The summed E-state index contributed by atoms with van der Waals surface area (Å²) in [7, 11) is 4.97. The summed E-state index contributed by atoms with van der Waals surface area (Å²) in [5, 5.41) is 0. The van der Waals surface area contributed by atoms with Crippen LogP contribution in [0.2, 0.25) is 0 Å². The summed E-state index contributed by atoms with van der Waals surface area (Å²) in [5.74, 6) is 0.945. The van der Waals surface area contributed by atoms with Crippen molar-refractivity contribution in [2.24, 2.45) is 0 Å². The van der Waals surface area contributed by atoms with Crippen molar-refractivity contribution >= 4 is 27.8 Å². The first kappa shape index (κ1) is 15.0. The van der Waals surface area contributed by atoms with Crippen LogP contribution in [0.15, 0.2) is 10.7 Å². The SMILES string of the molecule is COc1nc(N2CCOC(C(=O)N(C)C)C2)ncc1Br. The Kier molecular flexibility index (Phi) is 4.77. The minimum absolute atomic E-state index is 0.0567. The lowest BCUT2D eigenvalue weighted by atomic mass is 10.2. The zero-order valence-corrected chi connectivity index (χ0v) is 13.3. The standard InChI is InChI=1S/C12H17BrN4O3/c1-16(2)11(18)9-7-17(4-5-20-9)12-14-6-8(13)10(15-12)19-3/h6,9H,4-5,7H2,1-3H3. The van der Waals surface area contributed by atoms with Crippen LogP contribution in [-0.4, -0.2) is 67.8 Å². The van der Waals surface area contributed by atoms with E-state index in [4.69, 9.17) is 9.47 Å². The Morgan fingerprint density at radius 1 is 1.60 bits per heavy atom. The van der Waals surface area contributed by atoms with Crippen molar-refractivity contribution in [1.29, 1.82) is 0 Å². The van der Waals surface area contributed by atoms with Gasteiger partial charge in [0.1, 0.15) is 0 Å². The summed E-state index contributed by atoms with van der Waals surface area (Å²) in [5.41, 5.74) is 0. The Bertz CT molecular complexity index is 498. The van der Waals surface area contributed by atoms with Crippen LogP contribution in [0.25, 0.3) is 0 Å². The third kappa shape index (κ3) is 3.18. The van der Waals surface area contributed by atoms with Crippen LogP contribution in [0.3, 0.4) is 0 Å². The fourth-order valence-corrected chi connectivity index (χ4v) is 2.26. The van der Waals surface area contributed by atoms with E-state index in [1.54, 1.807) is 27.4 Å². The lowest BCUT2D eigenvalue weighted by molar-refractivity contribution is -0.141. The molecule has 1 aromatic rings.